The Morgan fingerprint density at radius 3 is 2.00 bits per heavy atom. The largest absolute Gasteiger partial charge is 0.537 e. The maximum Gasteiger partial charge on any atom is 0.361 e. The van der Waals surface area contributed by atoms with Crippen molar-refractivity contribution in [2.24, 2.45) is 0 Å². The molecule has 0 aromatic heterocycles. The number of carbonyl (C=O) groups excluding carboxylic acids is 1. The number of hydrogen-bond donors (Lipinski definition) is 0. The first-order valence-corrected chi connectivity index (χ1v) is 3.37. The Bertz CT molecular complexity index is 89.1. The fourth-order valence-electron chi connectivity index (χ4n) is 0.690. The van der Waals surface area contributed by atoms with Crippen LogP contribution in [0.5, 0.6) is 0 Å². The maximum atomic E-state index is 10.3. The number of hydrogen-bond acceptors (Lipinski definition) is 2. The second-order valence-corrected chi connectivity index (χ2v) is 2.05. The Labute approximate surface area is 56.7 Å². The van der Waals surface area contributed by atoms with Crippen molar-refractivity contribution in [2.45, 2.75) is 33.4 Å². The van der Waals surface area contributed by atoms with Crippen molar-refractivity contribution in [2.75, 3.05) is 0 Å². The minimum absolute atomic E-state index is 0.127. The van der Waals surface area contributed by atoms with Crippen molar-refractivity contribution >= 4 is 12.9 Å². The third-order valence-corrected chi connectivity index (χ3v) is 1.24. The predicted molar refractivity (Wildman–Crippen MR) is 38.5 cm³/mol. The highest BCUT2D eigenvalue weighted by atomic mass is 16.5. The van der Waals surface area contributed by atoms with Crippen molar-refractivity contribution in [3.8, 4) is 0 Å². The summed E-state index contributed by atoms with van der Waals surface area (Å²) in [5.41, 5.74) is 0. The van der Waals surface area contributed by atoms with Crippen LogP contribution in [0.25, 0.3) is 0 Å². The van der Waals surface area contributed by atoms with Crippen LogP contribution in [0.4, 0.5) is 0 Å². The summed E-state index contributed by atoms with van der Waals surface area (Å²) < 4.78 is 4.91. The zero-order valence-corrected chi connectivity index (χ0v) is 6.31. The van der Waals surface area contributed by atoms with E-state index in [2.05, 4.69) is 0 Å². The molecule has 0 N–H and O–H groups in total. The predicted octanol–water partition coefficient (Wildman–Crippen LogP) is 1.58. The molecule has 9 heavy (non-hydrogen) atoms. The van der Waals surface area contributed by atoms with Gasteiger partial charge in [0.15, 0.2) is 0 Å². The van der Waals surface area contributed by atoms with Gasteiger partial charge in [-0.1, -0.05) is 13.8 Å². The summed E-state index contributed by atoms with van der Waals surface area (Å²) in [5.74, 6) is -0.177. The van der Waals surface area contributed by atoms with Crippen LogP contribution in [0.15, 0.2) is 0 Å². The third kappa shape index (κ3) is 4.07. The molecule has 0 saturated heterocycles. The van der Waals surface area contributed by atoms with E-state index in [0.717, 1.165) is 12.6 Å². The quantitative estimate of drug-likeness (QED) is 0.539. The first-order chi connectivity index (χ1) is 4.20. The lowest BCUT2D eigenvalue weighted by atomic mass is 9.63. The minimum Gasteiger partial charge on any atom is -0.537 e. The van der Waals surface area contributed by atoms with Crippen LogP contribution in [0.3, 0.4) is 0 Å². The Morgan fingerprint density at radius 1 is 1.44 bits per heavy atom. The molecule has 3 heteroatoms. The molecule has 0 saturated carbocycles. The van der Waals surface area contributed by atoms with Crippen molar-refractivity contribution in [3.05, 3.63) is 0 Å². The average molecular weight is 128 g/mol. The van der Waals surface area contributed by atoms with Crippen molar-refractivity contribution in [1.82, 2.24) is 0 Å². The van der Waals surface area contributed by atoms with Crippen LogP contribution in [-0.4, -0.2) is 12.9 Å². The molecule has 52 valence electrons. The highest BCUT2D eigenvalue weighted by Crippen LogP contribution is 1.99. The summed E-state index contributed by atoms with van der Waals surface area (Å²) >= 11 is 0. The van der Waals surface area contributed by atoms with Crippen molar-refractivity contribution in [3.63, 3.8) is 0 Å². The molecule has 0 atom stereocenters. The normalized spacial score (nSPS) is 8.78. The summed E-state index contributed by atoms with van der Waals surface area (Å²) in [6, 6.07) is 0. The number of carbonyl (C=O) groups is 1. The highest BCUT2D eigenvalue weighted by Gasteiger charge is 2.11. The van der Waals surface area contributed by atoms with Crippen molar-refractivity contribution in [1.29, 1.82) is 0 Å². The molecule has 0 aromatic rings. The van der Waals surface area contributed by atoms with Crippen LogP contribution >= 0.6 is 0 Å². The summed E-state index contributed by atoms with van der Waals surface area (Å²) in [4.78, 5) is 10.3. The van der Waals surface area contributed by atoms with Gasteiger partial charge < -0.3 is 4.65 Å². The topological polar surface area (TPSA) is 26.3 Å². The fraction of sp³-hybridized carbons (Fsp3) is 0.833. The molecule has 0 heterocycles. The van der Waals surface area contributed by atoms with Gasteiger partial charge in [-0.25, -0.2) is 0 Å². The maximum absolute atomic E-state index is 10.3. The molecule has 0 aromatic carbocycles. The lowest BCUT2D eigenvalue weighted by molar-refractivity contribution is -0.132. The molecule has 0 aliphatic carbocycles. The lowest BCUT2D eigenvalue weighted by Crippen LogP contribution is -2.18. The Hall–Kier alpha value is -0.465. The van der Waals surface area contributed by atoms with Gasteiger partial charge in [-0.2, -0.15) is 0 Å². The van der Waals surface area contributed by atoms with E-state index in [1.54, 1.807) is 0 Å². The van der Waals surface area contributed by atoms with Gasteiger partial charge in [0.05, 0.1) is 0 Å². The summed E-state index contributed by atoms with van der Waals surface area (Å²) in [6.07, 6.45) is 1.83. The molecule has 0 fully saturated rings. The van der Waals surface area contributed by atoms with Gasteiger partial charge in [0, 0.05) is 6.92 Å². The second kappa shape index (κ2) is 4.42. The van der Waals surface area contributed by atoms with Crippen molar-refractivity contribution < 1.29 is 9.45 Å². The Morgan fingerprint density at radius 2 is 1.89 bits per heavy atom. The van der Waals surface area contributed by atoms with Gasteiger partial charge in [-0.15, -0.1) is 0 Å². The van der Waals surface area contributed by atoms with E-state index in [-0.39, 0.29) is 12.9 Å². The second-order valence-electron chi connectivity index (χ2n) is 2.05. The zero-order chi connectivity index (χ0) is 7.28. The first-order valence-electron chi connectivity index (χ1n) is 3.37. The van der Waals surface area contributed by atoms with E-state index >= 15 is 0 Å². The molecule has 0 aliphatic rings. The smallest absolute Gasteiger partial charge is 0.361 e. The standard InChI is InChI=1S/C6H13BO2/c1-4-7(5-2)9-6(3)8/h4-5H2,1-3H3. The van der Waals surface area contributed by atoms with Gasteiger partial charge in [0.2, 0.25) is 0 Å². The molecule has 0 unspecified atom stereocenters. The highest BCUT2D eigenvalue weighted by molar-refractivity contribution is 6.53. The molecule has 0 bridgehead atoms. The SMILES string of the molecule is CCB(CC)OC(C)=O. The fourth-order valence-corrected chi connectivity index (χ4v) is 0.690. The van der Waals surface area contributed by atoms with Crippen LogP contribution in [0.2, 0.25) is 12.6 Å². The van der Waals surface area contributed by atoms with E-state index in [1.165, 1.54) is 6.92 Å². The summed E-state index contributed by atoms with van der Waals surface area (Å²) in [7, 11) is 0. The van der Waals surface area contributed by atoms with E-state index in [4.69, 9.17) is 4.65 Å². The zero-order valence-electron chi connectivity index (χ0n) is 6.31. The summed E-state index contributed by atoms with van der Waals surface area (Å²) in [5, 5.41) is 0. The van der Waals surface area contributed by atoms with Gasteiger partial charge in [0.1, 0.15) is 0 Å². The average Bonchev–Trinajstić information content (AvgIpc) is 1.82. The summed E-state index contributed by atoms with van der Waals surface area (Å²) in [6.45, 7) is 5.59. The first kappa shape index (κ1) is 8.53. The third-order valence-electron chi connectivity index (χ3n) is 1.24. The lowest BCUT2D eigenvalue weighted by Gasteiger charge is -2.06. The molecule has 0 radical (unpaired) electrons. The van der Waals surface area contributed by atoms with Crippen LogP contribution in [0.1, 0.15) is 20.8 Å². The molecule has 0 amide bonds. The van der Waals surface area contributed by atoms with Gasteiger partial charge >= 0.3 is 6.92 Å². The van der Waals surface area contributed by atoms with E-state index in [1.807, 2.05) is 13.8 Å². The molecular formula is C6H13BO2. The van der Waals surface area contributed by atoms with Crippen LogP contribution in [0, 0.1) is 0 Å². The molecule has 0 spiro atoms. The Kier molecular flexibility index (Phi) is 4.19. The Balaban J connectivity index is 3.43. The molecular weight excluding hydrogens is 115 g/mol. The minimum atomic E-state index is -0.177. The van der Waals surface area contributed by atoms with E-state index < -0.39 is 0 Å². The number of rotatable bonds is 3. The van der Waals surface area contributed by atoms with Crippen LogP contribution < -0.4 is 0 Å². The monoisotopic (exact) mass is 128 g/mol. The molecule has 0 rings (SSSR count). The van der Waals surface area contributed by atoms with E-state index in [9.17, 15) is 4.79 Å². The van der Waals surface area contributed by atoms with Crippen LogP contribution in [-0.2, 0) is 9.45 Å². The van der Waals surface area contributed by atoms with Gasteiger partial charge in [0.25, 0.3) is 5.97 Å². The van der Waals surface area contributed by atoms with Gasteiger partial charge in [-0.3, -0.25) is 4.79 Å². The molecule has 2 nitrogen and oxygen atoms in total. The van der Waals surface area contributed by atoms with Gasteiger partial charge in [-0.05, 0) is 12.6 Å². The van der Waals surface area contributed by atoms with E-state index in [0.29, 0.717) is 0 Å². The molecule has 0 aliphatic heterocycles.